The second-order valence-corrected chi connectivity index (χ2v) is 16.6. The third kappa shape index (κ3) is 8.24. The lowest BCUT2D eigenvalue weighted by Crippen LogP contribution is -2.54. The summed E-state index contributed by atoms with van der Waals surface area (Å²) in [5.74, 6) is -2.73. The molecule has 0 radical (unpaired) electrons. The fourth-order valence-electron chi connectivity index (χ4n) is 8.52. The van der Waals surface area contributed by atoms with E-state index >= 15 is 0 Å². The number of piperazine rings is 1. The molecule has 3 atom stereocenters. The molecule has 3 saturated heterocycles. The number of rotatable bonds is 9. The lowest BCUT2D eigenvalue weighted by Gasteiger charge is -2.37. The van der Waals surface area contributed by atoms with Crippen LogP contribution in [-0.2, 0) is 23.2 Å². The molecule has 60 heavy (non-hydrogen) atoms. The maximum atomic E-state index is 13.5. The molecule has 3 fully saturated rings. The number of carbonyl (C=O) groups is 6. The summed E-state index contributed by atoms with van der Waals surface area (Å²) in [5.41, 5.74) is 3.88. The first-order valence-corrected chi connectivity index (χ1v) is 20.7. The summed E-state index contributed by atoms with van der Waals surface area (Å²) in [5, 5.41) is 12.6. The number of nitrogens with zero attached hydrogens (tertiary/aromatic N) is 6. The molecule has 16 nitrogen and oxygen atoms in total. The van der Waals surface area contributed by atoms with Gasteiger partial charge in [0.25, 0.3) is 29.2 Å². The molecule has 1 unspecified atom stereocenters. The van der Waals surface area contributed by atoms with Crippen molar-refractivity contribution in [2.75, 3.05) is 56.9 Å². The van der Waals surface area contributed by atoms with Crippen molar-refractivity contribution >= 4 is 62.7 Å². The van der Waals surface area contributed by atoms with E-state index < -0.39 is 35.6 Å². The number of anilines is 2. The molecular formula is C43H44BrN9O7. The number of amides is 6. The van der Waals surface area contributed by atoms with Gasteiger partial charge in [-0.15, -0.1) is 0 Å². The van der Waals surface area contributed by atoms with E-state index in [-0.39, 0.29) is 53.1 Å². The molecule has 0 bridgehead atoms. The molecule has 8 rings (SSSR count). The number of piperidine rings is 2. The average molecular weight is 879 g/mol. The molecule has 5 heterocycles. The van der Waals surface area contributed by atoms with Crippen LogP contribution in [0, 0.1) is 0 Å². The van der Waals surface area contributed by atoms with Gasteiger partial charge in [-0.1, -0.05) is 30.3 Å². The minimum atomic E-state index is -1.11. The normalized spacial score (nSPS) is 21.1. The van der Waals surface area contributed by atoms with Crippen LogP contribution in [0.25, 0.3) is 0 Å². The van der Waals surface area contributed by atoms with E-state index in [1.807, 2.05) is 29.2 Å². The summed E-state index contributed by atoms with van der Waals surface area (Å²) < 4.78 is 1.75. The Kier molecular flexibility index (Phi) is 11.5. The molecule has 310 valence electrons. The first-order chi connectivity index (χ1) is 28.8. The Morgan fingerprint density at radius 3 is 2.28 bits per heavy atom. The van der Waals surface area contributed by atoms with E-state index in [9.17, 15) is 33.6 Å². The fourth-order valence-corrected chi connectivity index (χ4v) is 8.99. The standard InChI is InChI=1S/C43H44BrN9O7/c1-49-23-29(20-30(24-49)46-33-21-45-50(2)43(60)37(33)44)26-10-12-28(13-11-26)40(57)52-18-16-51(17-19-52)22-25-6-8-27(9-7-25)38(55)47-32-5-3-4-31-36(32)42(59)53(41(31)58)34-14-15-35(54)48-39(34)56/h3-13,21,29-30,34,46H,14-20,22-24H2,1-2H3,(H,47,55)(H,48,54,56)/t29-,30+,34?/m1/s1. The lowest BCUT2D eigenvalue weighted by molar-refractivity contribution is -0.136. The molecule has 0 saturated carbocycles. The third-order valence-electron chi connectivity index (χ3n) is 11.7. The number of imide groups is 2. The molecule has 17 heteroatoms. The monoisotopic (exact) mass is 877 g/mol. The number of carbonyl (C=O) groups excluding carboxylic acids is 6. The molecule has 4 aliphatic heterocycles. The van der Waals surface area contributed by atoms with Gasteiger partial charge in [0.15, 0.2) is 0 Å². The highest BCUT2D eigenvalue weighted by Gasteiger charge is 2.45. The van der Waals surface area contributed by atoms with Gasteiger partial charge in [-0.25, -0.2) is 4.68 Å². The highest BCUT2D eigenvalue weighted by Crippen LogP contribution is 2.33. The summed E-state index contributed by atoms with van der Waals surface area (Å²) in [7, 11) is 3.70. The van der Waals surface area contributed by atoms with Crippen molar-refractivity contribution in [1.29, 1.82) is 0 Å². The number of likely N-dealkylation sites (tertiary alicyclic amines) is 1. The van der Waals surface area contributed by atoms with Crippen molar-refractivity contribution in [1.82, 2.24) is 34.7 Å². The van der Waals surface area contributed by atoms with Crippen molar-refractivity contribution in [3.8, 4) is 0 Å². The number of nitrogens with one attached hydrogen (secondary N) is 3. The van der Waals surface area contributed by atoms with Crippen LogP contribution in [0.3, 0.4) is 0 Å². The van der Waals surface area contributed by atoms with Crippen LogP contribution >= 0.6 is 15.9 Å². The summed E-state index contributed by atoms with van der Waals surface area (Å²) >= 11 is 3.41. The molecule has 0 spiro atoms. The SMILES string of the molecule is CN1C[C@@H](Nc2cnn(C)c(=O)c2Br)C[C@@H](c2ccc(C(=O)N3CCN(Cc4ccc(C(=O)Nc5cccc6c5C(=O)N(C5CCC(=O)NC5=O)C6=O)cc4)CC3)cc2)C1. The zero-order valence-electron chi connectivity index (χ0n) is 33.2. The summed E-state index contributed by atoms with van der Waals surface area (Å²) in [6, 6.07) is 18.6. The van der Waals surface area contributed by atoms with Crippen molar-refractivity contribution in [3.63, 3.8) is 0 Å². The quantitative estimate of drug-likeness (QED) is 0.210. The van der Waals surface area contributed by atoms with Crippen molar-refractivity contribution < 1.29 is 28.8 Å². The minimum absolute atomic E-state index is 0.00122. The average Bonchev–Trinajstić information content (AvgIpc) is 3.50. The van der Waals surface area contributed by atoms with Gasteiger partial charge < -0.3 is 20.4 Å². The van der Waals surface area contributed by atoms with Crippen molar-refractivity contribution in [2.24, 2.45) is 7.05 Å². The number of likely N-dealkylation sites (N-methyl/N-ethyl adjacent to an activating group) is 1. The Bertz CT molecular complexity index is 2450. The van der Waals surface area contributed by atoms with E-state index in [0.717, 1.165) is 35.5 Å². The van der Waals surface area contributed by atoms with Gasteiger partial charge in [-0.2, -0.15) is 5.10 Å². The van der Waals surface area contributed by atoms with Gasteiger partial charge >= 0.3 is 0 Å². The Morgan fingerprint density at radius 1 is 0.850 bits per heavy atom. The Labute approximate surface area is 354 Å². The van der Waals surface area contributed by atoms with Crippen LogP contribution in [0.1, 0.15) is 77.7 Å². The minimum Gasteiger partial charge on any atom is -0.379 e. The molecule has 6 amide bonds. The van der Waals surface area contributed by atoms with Crippen LogP contribution < -0.4 is 21.5 Å². The number of aryl methyl sites for hydroxylation is 1. The fraction of sp³-hybridized carbons (Fsp3) is 0.349. The summed E-state index contributed by atoms with van der Waals surface area (Å²) in [6.45, 7) is 4.89. The number of hydrogen-bond acceptors (Lipinski definition) is 11. The predicted octanol–water partition coefficient (Wildman–Crippen LogP) is 3.05. The van der Waals surface area contributed by atoms with E-state index in [4.69, 9.17) is 0 Å². The Balaban J connectivity index is 0.824. The molecule has 0 aliphatic carbocycles. The van der Waals surface area contributed by atoms with E-state index in [1.54, 1.807) is 31.4 Å². The molecule has 4 aromatic rings. The van der Waals surface area contributed by atoms with Gasteiger partial charge in [0.2, 0.25) is 11.8 Å². The van der Waals surface area contributed by atoms with Crippen molar-refractivity contribution in [2.45, 2.75) is 43.8 Å². The Morgan fingerprint density at radius 2 is 1.57 bits per heavy atom. The zero-order valence-corrected chi connectivity index (χ0v) is 34.7. The lowest BCUT2D eigenvalue weighted by atomic mass is 9.87. The second kappa shape index (κ2) is 16.9. The molecule has 3 N–H and O–H groups in total. The largest absolute Gasteiger partial charge is 0.379 e. The van der Waals surface area contributed by atoms with E-state index in [0.29, 0.717) is 54.0 Å². The molecular weight excluding hydrogens is 834 g/mol. The predicted molar refractivity (Wildman–Crippen MR) is 225 cm³/mol. The summed E-state index contributed by atoms with van der Waals surface area (Å²) in [4.78, 5) is 97.2. The number of fused-ring (bicyclic) bond motifs is 1. The highest BCUT2D eigenvalue weighted by atomic mass is 79.9. The van der Waals surface area contributed by atoms with Crippen LogP contribution in [0.15, 0.2) is 82.2 Å². The number of halogens is 1. The first kappa shape index (κ1) is 40.7. The molecule has 4 aliphatic rings. The number of aromatic nitrogens is 2. The van der Waals surface area contributed by atoms with Gasteiger partial charge in [0.1, 0.15) is 10.5 Å². The second-order valence-electron chi connectivity index (χ2n) is 15.8. The van der Waals surface area contributed by atoms with Crippen LogP contribution in [0.2, 0.25) is 0 Å². The van der Waals surface area contributed by atoms with E-state index in [1.165, 1.54) is 16.8 Å². The maximum Gasteiger partial charge on any atom is 0.282 e. The van der Waals surface area contributed by atoms with Crippen LogP contribution in [0.5, 0.6) is 0 Å². The first-order valence-electron chi connectivity index (χ1n) is 19.9. The van der Waals surface area contributed by atoms with E-state index in [2.05, 4.69) is 66.0 Å². The third-order valence-corrected chi connectivity index (χ3v) is 12.5. The number of hydrogen-bond donors (Lipinski definition) is 3. The topological polar surface area (TPSA) is 186 Å². The van der Waals surface area contributed by atoms with Gasteiger partial charge in [-0.05, 0) is 89.3 Å². The molecule has 3 aromatic carbocycles. The van der Waals surface area contributed by atoms with Gasteiger partial charge in [0, 0.05) is 76.5 Å². The van der Waals surface area contributed by atoms with Gasteiger partial charge in [0.05, 0.1) is 28.7 Å². The van der Waals surface area contributed by atoms with Crippen molar-refractivity contribution in [3.05, 3.63) is 121 Å². The summed E-state index contributed by atoms with van der Waals surface area (Å²) in [6.07, 6.45) is 2.57. The maximum absolute atomic E-state index is 13.5. The Hall–Kier alpha value is -6.04. The molecule has 1 aromatic heterocycles. The number of benzene rings is 3. The van der Waals surface area contributed by atoms with Gasteiger partial charge in [-0.3, -0.25) is 48.7 Å². The van der Waals surface area contributed by atoms with Crippen LogP contribution in [-0.4, -0.2) is 123 Å². The smallest absolute Gasteiger partial charge is 0.282 e. The zero-order chi connectivity index (χ0) is 42.2. The van der Waals surface area contributed by atoms with Crippen LogP contribution in [0.4, 0.5) is 11.4 Å². The highest BCUT2D eigenvalue weighted by molar-refractivity contribution is 9.10.